The summed E-state index contributed by atoms with van der Waals surface area (Å²) in [6.07, 6.45) is 2.01. The van der Waals surface area contributed by atoms with E-state index in [0.29, 0.717) is 0 Å². The molecule has 1 aliphatic heterocycles. The maximum absolute atomic E-state index is 5.60. The van der Waals surface area contributed by atoms with E-state index in [1.165, 1.54) is 0 Å². The first-order valence-electron chi connectivity index (χ1n) is 4.96. The summed E-state index contributed by atoms with van der Waals surface area (Å²) in [5.41, 5.74) is 5.75. The van der Waals surface area contributed by atoms with Gasteiger partial charge in [-0.1, -0.05) is 6.58 Å². The van der Waals surface area contributed by atoms with E-state index in [-0.39, 0.29) is 6.10 Å². The van der Waals surface area contributed by atoms with E-state index in [1.54, 1.807) is 0 Å². The van der Waals surface area contributed by atoms with E-state index in [9.17, 15) is 0 Å². The van der Waals surface area contributed by atoms with Crippen LogP contribution in [-0.2, 0) is 0 Å². The van der Waals surface area contributed by atoms with Crippen molar-refractivity contribution in [3.63, 3.8) is 0 Å². The third-order valence-electron chi connectivity index (χ3n) is 2.15. The molecule has 0 bridgehead atoms. The largest absolute Gasteiger partial charge is 0.491 e. The second-order valence-corrected chi connectivity index (χ2v) is 3.70. The first kappa shape index (κ1) is 9.75. The standard InChI is InChI=1S/C13H13NO/c1-4-13-12-6-5-11(15-9(2)3)7-10(12)8-14-13/h5-9H,1H2,2-3H3. The molecule has 2 heteroatoms. The molecule has 0 amide bonds. The first-order chi connectivity index (χ1) is 7.20. The van der Waals surface area contributed by atoms with E-state index in [2.05, 4.69) is 17.3 Å². The van der Waals surface area contributed by atoms with Crippen LogP contribution in [0.5, 0.6) is 5.75 Å². The summed E-state index contributed by atoms with van der Waals surface area (Å²) in [5.74, 6) is 0.875. The summed E-state index contributed by atoms with van der Waals surface area (Å²) in [4.78, 5) is 4.20. The van der Waals surface area contributed by atoms with Gasteiger partial charge in [0.05, 0.1) is 6.10 Å². The molecule has 2 rings (SSSR count). The van der Waals surface area contributed by atoms with Gasteiger partial charge >= 0.3 is 0 Å². The molecule has 0 unspecified atom stereocenters. The van der Waals surface area contributed by atoms with Crippen molar-refractivity contribution in [3.8, 4) is 5.75 Å². The molecule has 1 heterocycles. The molecule has 0 N–H and O–H groups in total. The molecule has 0 radical (unpaired) electrons. The zero-order chi connectivity index (χ0) is 10.8. The average molecular weight is 199 g/mol. The molecule has 15 heavy (non-hydrogen) atoms. The van der Waals surface area contributed by atoms with Crippen molar-refractivity contribution in [1.82, 2.24) is 0 Å². The Hall–Kier alpha value is -1.79. The summed E-state index contributed by atoms with van der Waals surface area (Å²) in [6.45, 7) is 7.63. The van der Waals surface area contributed by atoms with Gasteiger partial charge in [0.2, 0.25) is 0 Å². The highest BCUT2D eigenvalue weighted by molar-refractivity contribution is 5.97. The van der Waals surface area contributed by atoms with Crippen LogP contribution >= 0.6 is 0 Å². The monoisotopic (exact) mass is 199 g/mol. The van der Waals surface area contributed by atoms with E-state index in [4.69, 9.17) is 4.74 Å². The Morgan fingerprint density at radius 3 is 2.87 bits per heavy atom. The maximum atomic E-state index is 5.60. The molecule has 2 nitrogen and oxygen atoms in total. The Kier molecular flexibility index (Phi) is 2.44. The SMILES string of the molecule is C=C=C1N=Cc2cc(OC(C)C)ccc21. The highest BCUT2D eigenvalue weighted by Crippen LogP contribution is 2.27. The molecule has 1 aliphatic rings. The normalized spacial score (nSPS) is 12.9. The fraction of sp³-hybridized carbons (Fsp3) is 0.231. The number of fused-ring (bicyclic) bond motifs is 1. The lowest BCUT2D eigenvalue weighted by Gasteiger charge is -2.10. The van der Waals surface area contributed by atoms with Crippen molar-refractivity contribution in [2.45, 2.75) is 20.0 Å². The minimum Gasteiger partial charge on any atom is -0.491 e. The smallest absolute Gasteiger partial charge is 0.120 e. The lowest BCUT2D eigenvalue weighted by Crippen LogP contribution is -2.05. The van der Waals surface area contributed by atoms with Crippen molar-refractivity contribution in [2.75, 3.05) is 0 Å². The predicted octanol–water partition coefficient (Wildman–Crippen LogP) is 3.03. The molecule has 0 atom stereocenters. The second-order valence-electron chi connectivity index (χ2n) is 3.70. The number of benzene rings is 1. The third-order valence-corrected chi connectivity index (χ3v) is 2.15. The van der Waals surface area contributed by atoms with Gasteiger partial charge in [-0.25, -0.2) is 4.99 Å². The van der Waals surface area contributed by atoms with Crippen LogP contribution in [0.4, 0.5) is 0 Å². The average Bonchev–Trinajstić information content (AvgIpc) is 2.58. The fourth-order valence-electron chi connectivity index (χ4n) is 1.55. The van der Waals surface area contributed by atoms with Crippen LogP contribution in [0.3, 0.4) is 0 Å². The van der Waals surface area contributed by atoms with E-state index >= 15 is 0 Å². The topological polar surface area (TPSA) is 21.6 Å². The van der Waals surface area contributed by atoms with E-state index in [1.807, 2.05) is 38.3 Å². The minimum atomic E-state index is 0.191. The third kappa shape index (κ3) is 1.85. The van der Waals surface area contributed by atoms with Crippen LogP contribution in [0, 0.1) is 0 Å². The van der Waals surface area contributed by atoms with Gasteiger partial charge in [-0.2, -0.15) is 0 Å². The number of rotatable bonds is 2. The van der Waals surface area contributed by atoms with Crippen LogP contribution in [0.2, 0.25) is 0 Å². The van der Waals surface area contributed by atoms with Crippen LogP contribution in [0.25, 0.3) is 5.70 Å². The predicted molar refractivity (Wildman–Crippen MR) is 62.3 cm³/mol. The van der Waals surface area contributed by atoms with Crippen molar-refractivity contribution in [2.24, 2.45) is 4.99 Å². The lowest BCUT2D eigenvalue weighted by atomic mass is 10.1. The minimum absolute atomic E-state index is 0.191. The van der Waals surface area contributed by atoms with Gasteiger partial charge in [-0.3, -0.25) is 0 Å². The maximum Gasteiger partial charge on any atom is 0.120 e. The highest BCUT2D eigenvalue weighted by Gasteiger charge is 2.12. The number of nitrogens with zero attached hydrogens (tertiary/aromatic N) is 1. The van der Waals surface area contributed by atoms with Crippen LogP contribution in [0.15, 0.2) is 35.5 Å². The van der Waals surface area contributed by atoms with Gasteiger partial charge in [0, 0.05) is 17.3 Å². The Labute approximate surface area is 89.6 Å². The molecular weight excluding hydrogens is 186 g/mol. The molecular formula is C13H13NO. The molecule has 0 aliphatic carbocycles. The summed E-state index contributed by atoms with van der Waals surface area (Å²) in [6, 6.07) is 5.93. The van der Waals surface area contributed by atoms with Crippen LogP contribution in [0.1, 0.15) is 25.0 Å². The number of hydrogen-bond acceptors (Lipinski definition) is 2. The second kappa shape index (κ2) is 3.76. The fourth-order valence-corrected chi connectivity index (χ4v) is 1.55. The zero-order valence-corrected chi connectivity index (χ0v) is 8.95. The van der Waals surface area contributed by atoms with Crippen LogP contribution in [-0.4, -0.2) is 12.3 Å². The van der Waals surface area contributed by atoms with Crippen molar-refractivity contribution in [3.05, 3.63) is 41.6 Å². The molecule has 76 valence electrons. The lowest BCUT2D eigenvalue weighted by molar-refractivity contribution is 0.242. The molecule has 0 saturated carbocycles. The Bertz CT molecular complexity index is 465. The molecule has 1 aromatic rings. The van der Waals surface area contributed by atoms with Crippen LogP contribution < -0.4 is 4.74 Å². The van der Waals surface area contributed by atoms with Crippen molar-refractivity contribution >= 4 is 11.9 Å². The van der Waals surface area contributed by atoms with Gasteiger partial charge in [0.15, 0.2) is 0 Å². The number of ether oxygens (including phenoxy) is 1. The van der Waals surface area contributed by atoms with Gasteiger partial charge in [-0.05, 0) is 32.0 Å². The Balaban J connectivity index is 2.37. The van der Waals surface area contributed by atoms with Gasteiger partial charge in [-0.15, -0.1) is 5.73 Å². The molecule has 0 fully saturated rings. The van der Waals surface area contributed by atoms with Crippen molar-refractivity contribution in [1.29, 1.82) is 0 Å². The van der Waals surface area contributed by atoms with E-state index < -0.39 is 0 Å². The highest BCUT2D eigenvalue weighted by atomic mass is 16.5. The quantitative estimate of drug-likeness (QED) is 0.671. The molecule has 0 aromatic heterocycles. The summed E-state index contributed by atoms with van der Waals surface area (Å²) < 4.78 is 5.60. The van der Waals surface area contributed by atoms with E-state index in [0.717, 1.165) is 22.6 Å². The first-order valence-corrected chi connectivity index (χ1v) is 4.96. The van der Waals surface area contributed by atoms with Gasteiger partial charge in [0.1, 0.15) is 11.4 Å². The van der Waals surface area contributed by atoms with Crippen molar-refractivity contribution < 1.29 is 4.74 Å². The Morgan fingerprint density at radius 1 is 1.40 bits per heavy atom. The van der Waals surface area contributed by atoms with Gasteiger partial charge in [0.25, 0.3) is 0 Å². The summed E-state index contributed by atoms with van der Waals surface area (Å²) in [7, 11) is 0. The number of hydrogen-bond donors (Lipinski definition) is 0. The molecule has 0 spiro atoms. The van der Waals surface area contributed by atoms with Gasteiger partial charge < -0.3 is 4.74 Å². The zero-order valence-electron chi connectivity index (χ0n) is 8.95. The number of aliphatic imine (C=N–C) groups is 1. The molecule has 0 saturated heterocycles. The Morgan fingerprint density at radius 2 is 2.20 bits per heavy atom. The molecule has 1 aromatic carbocycles. The summed E-state index contributed by atoms with van der Waals surface area (Å²) >= 11 is 0. The summed E-state index contributed by atoms with van der Waals surface area (Å²) in [5, 5.41) is 0.